The highest BCUT2D eigenvalue weighted by Gasteiger charge is 2.22. The van der Waals surface area contributed by atoms with Gasteiger partial charge in [0.25, 0.3) is 0 Å². The summed E-state index contributed by atoms with van der Waals surface area (Å²) in [5.74, 6) is 6.20. The number of aromatic nitrogens is 3. The van der Waals surface area contributed by atoms with Crippen molar-refractivity contribution in [1.82, 2.24) is 14.9 Å². The van der Waals surface area contributed by atoms with Crippen molar-refractivity contribution in [1.29, 1.82) is 0 Å². The van der Waals surface area contributed by atoms with Crippen molar-refractivity contribution < 1.29 is 8.78 Å². The van der Waals surface area contributed by atoms with Crippen LogP contribution in [0.3, 0.4) is 0 Å². The molecule has 1 aliphatic rings. The van der Waals surface area contributed by atoms with Crippen molar-refractivity contribution >= 4 is 11.8 Å². The highest BCUT2D eigenvalue weighted by atomic mass is 32.2. The molecular formula is C15H18F2N4S. The van der Waals surface area contributed by atoms with Gasteiger partial charge in [0, 0.05) is 17.2 Å². The zero-order valence-electron chi connectivity index (χ0n) is 12.1. The van der Waals surface area contributed by atoms with Gasteiger partial charge >= 0.3 is 0 Å². The first-order chi connectivity index (χ1) is 10.7. The van der Waals surface area contributed by atoms with Gasteiger partial charge in [-0.3, -0.25) is 0 Å². The number of nitrogen functional groups attached to an aromatic ring is 1. The Kier molecular flexibility index (Phi) is 4.61. The topological polar surface area (TPSA) is 56.7 Å². The molecule has 0 radical (unpaired) electrons. The third kappa shape index (κ3) is 3.09. The summed E-state index contributed by atoms with van der Waals surface area (Å²) in [7, 11) is 0. The second-order valence-corrected chi connectivity index (χ2v) is 6.48. The number of hydrogen-bond acceptors (Lipinski definition) is 4. The molecule has 118 valence electrons. The molecule has 1 heterocycles. The normalized spacial score (nSPS) is 16.1. The van der Waals surface area contributed by atoms with Gasteiger partial charge in [0.05, 0.1) is 0 Å². The van der Waals surface area contributed by atoms with Gasteiger partial charge in [-0.25, -0.2) is 13.5 Å². The van der Waals surface area contributed by atoms with Gasteiger partial charge in [-0.05, 0) is 25.0 Å². The van der Waals surface area contributed by atoms with E-state index in [4.69, 9.17) is 5.84 Å². The largest absolute Gasteiger partial charge is 0.336 e. The van der Waals surface area contributed by atoms with Gasteiger partial charge in [0.15, 0.2) is 5.82 Å². The highest BCUT2D eigenvalue weighted by Crippen LogP contribution is 2.32. The minimum Gasteiger partial charge on any atom is -0.336 e. The van der Waals surface area contributed by atoms with Crippen molar-refractivity contribution in [3.63, 3.8) is 0 Å². The number of benzene rings is 1. The van der Waals surface area contributed by atoms with Crippen molar-refractivity contribution in [3.8, 4) is 0 Å². The Labute approximate surface area is 132 Å². The van der Waals surface area contributed by atoms with Crippen LogP contribution in [0.15, 0.2) is 23.4 Å². The van der Waals surface area contributed by atoms with Crippen molar-refractivity contribution in [2.45, 2.75) is 48.9 Å². The first-order valence-corrected chi connectivity index (χ1v) is 8.41. The van der Waals surface area contributed by atoms with Crippen molar-refractivity contribution in [2.24, 2.45) is 0 Å². The lowest BCUT2D eigenvalue weighted by Gasteiger charge is -2.20. The molecule has 2 N–H and O–H groups in total. The summed E-state index contributed by atoms with van der Waals surface area (Å²) in [5, 5.41) is 8.74. The molecule has 4 nitrogen and oxygen atoms in total. The number of nitrogens with two attached hydrogens (primary N) is 1. The zero-order chi connectivity index (χ0) is 15.5. The molecule has 1 aromatic carbocycles. The number of halogens is 2. The van der Waals surface area contributed by atoms with Gasteiger partial charge in [0.2, 0.25) is 5.16 Å². The van der Waals surface area contributed by atoms with Crippen LogP contribution in [-0.2, 0) is 5.75 Å². The Morgan fingerprint density at radius 1 is 1.14 bits per heavy atom. The third-order valence-corrected chi connectivity index (χ3v) is 5.04. The summed E-state index contributed by atoms with van der Waals surface area (Å²) in [6, 6.07) is 3.85. The number of nitrogens with zero attached hydrogens (tertiary/aromatic N) is 3. The molecule has 1 fully saturated rings. The molecule has 0 amide bonds. The van der Waals surface area contributed by atoms with Gasteiger partial charge in [-0.2, -0.15) is 0 Å². The van der Waals surface area contributed by atoms with Crippen LogP contribution in [-0.4, -0.2) is 14.9 Å². The fraction of sp³-hybridized carbons (Fsp3) is 0.467. The van der Waals surface area contributed by atoms with Crippen molar-refractivity contribution in [2.75, 3.05) is 5.84 Å². The van der Waals surface area contributed by atoms with E-state index in [0.29, 0.717) is 11.1 Å². The molecule has 0 atom stereocenters. The van der Waals surface area contributed by atoms with E-state index >= 15 is 0 Å². The van der Waals surface area contributed by atoms with Crippen LogP contribution in [0.2, 0.25) is 0 Å². The molecule has 1 aliphatic carbocycles. The maximum absolute atomic E-state index is 13.6. The second-order valence-electron chi connectivity index (χ2n) is 5.53. The van der Waals surface area contributed by atoms with Gasteiger partial charge in [-0.1, -0.05) is 37.1 Å². The second kappa shape index (κ2) is 6.64. The summed E-state index contributed by atoms with van der Waals surface area (Å²) in [6.45, 7) is 0. The predicted molar refractivity (Wildman–Crippen MR) is 81.9 cm³/mol. The van der Waals surface area contributed by atoms with E-state index < -0.39 is 11.6 Å². The van der Waals surface area contributed by atoms with Crippen LogP contribution in [0.5, 0.6) is 0 Å². The number of rotatable bonds is 4. The highest BCUT2D eigenvalue weighted by molar-refractivity contribution is 7.98. The van der Waals surface area contributed by atoms with E-state index in [2.05, 4.69) is 10.2 Å². The van der Waals surface area contributed by atoms with Crippen LogP contribution < -0.4 is 5.84 Å². The van der Waals surface area contributed by atoms with E-state index in [0.717, 1.165) is 18.7 Å². The quantitative estimate of drug-likeness (QED) is 0.689. The predicted octanol–water partition coefficient (Wildman–Crippen LogP) is 3.61. The van der Waals surface area contributed by atoms with E-state index in [-0.39, 0.29) is 11.3 Å². The van der Waals surface area contributed by atoms with E-state index in [1.165, 1.54) is 53.9 Å². The molecule has 7 heteroatoms. The third-order valence-electron chi connectivity index (χ3n) is 4.07. The van der Waals surface area contributed by atoms with Crippen LogP contribution >= 0.6 is 11.8 Å². The average Bonchev–Trinajstić information content (AvgIpc) is 2.89. The van der Waals surface area contributed by atoms with E-state index in [9.17, 15) is 8.78 Å². The molecule has 2 aromatic rings. The summed E-state index contributed by atoms with van der Waals surface area (Å²) in [4.78, 5) is 0. The number of hydrogen-bond donors (Lipinski definition) is 1. The maximum Gasteiger partial charge on any atom is 0.210 e. The smallest absolute Gasteiger partial charge is 0.210 e. The fourth-order valence-corrected chi connectivity index (χ4v) is 3.71. The van der Waals surface area contributed by atoms with Crippen LogP contribution in [0, 0.1) is 11.6 Å². The fourth-order valence-electron chi connectivity index (χ4n) is 2.83. The molecule has 22 heavy (non-hydrogen) atoms. The SMILES string of the molecule is Nn1c(SCc2c(F)cccc2F)nnc1C1CCCCC1. The Balaban J connectivity index is 1.72. The monoisotopic (exact) mass is 324 g/mol. The van der Waals surface area contributed by atoms with Gasteiger partial charge in [-0.15, -0.1) is 10.2 Å². The van der Waals surface area contributed by atoms with Gasteiger partial charge in [0.1, 0.15) is 11.6 Å². The Morgan fingerprint density at radius 3 is 2.50 bits per heavy atom. The lowest BCUT2D eigenvalue weighted by molar-refractivity contribution is 0.421. The lowest BCUT2D eigenvalue weighted by Crippen LogP contribution is -2.18. The molecule has 0 saturated heterocycles. The van der Waals surface area contributed by atoms with Crippen molar-refractivity contribution in [3.05, 3.63) is 41.2 Å². The summed E-state index contributed by atoms with van der Waals surface area (Å²) >= 11 is 1.20. The average molecular weight is 324 g/mol. The van der Waals surface area contributed by atoms with E-state index in [1.54, 1.807) is 0 Å². The molecule has 0 spiro atoms. The molecular weight excluding hydrogens is 306 g/mol. The minimum absolute atomic E-state index is 0.0368. The summed E-state index contributed by atoms with van der Waals surface area (Å²) in [5.41, 5.74) is 0.0368. The number of thioether (sulfide) groups is 1. The maximum atomic E-state index is 13.6. The Hall–Kier alpha value is -1.63. The Bertz CT molecular complexity index is 633. The minimum atomic E-state index is -0.553. The first-order valence-electron chi connectivity index (χ1n) is 7.43. The summed E-state index contributed by atoms with van der Waals surface area (Å²) in [6.07, 6.45) is 5.76. The molecule has 3 rings (SSSR count). The molecule has 1 saturated carbocycles. The molecule has 0 aliphatic heterocycles. The first kappa shape index (κ1) is 15.3. The zero-order valence-corrected chi connectivity index (χ0v) is 13.0. The molecule has 0 unspecified atom stereocenters. The standard InChI is InChI=1S/C15H18F2N4S/c16-12-7-4-8-13(17)11(12)9-22-15-20-19-14(21(15)18)10-5-2-1-3-6-10/h4,7-8,10H,1-3,5-6,9,18H2. The Morgan fingerprint density at radius 2 is 1.82 bits per heavy atom. The van der Waals surface area contributed by atoms with Crippen LogP contribution in [0.25, 0.3) is 0 Å². The van der Waals surface area contributed by atoms with Crippen LogP contribution in [0.1, 0.15) is 49.4 Å². The summed E-state index contributed by atoms with van der Waals surface area (Å²) < 4.78 is 28.7. The van der Waals surface area contributed by atoms with E-state index in [1.807, 2.05) is 0 Å². The lowest BCUT2D eigenvalue weighted by atomic mass is 9.89. The van der Waals surface area contributed by atoms with Crippen LogP contribution in [0.4, 0.5) is 8.78 Å². The van der Waals surface area contributed by atoms with Gasteiger partial charge < -0.3 is 5.84 Å². The molecule has 1 aromatic heterocycles. The molecule has 0 bridgehead atoms.